The predicted octanol–water partition coefficient (Wildman–Crippen LogP) is 3.47. The molecule has 2 saturated heterocycles. The molecule has 2 aliphatic rings. The van der Waals surface area contributed by atoms with E-state index in [1.165, 1.54) is 16.0 Å². The second-order valence-electron chi connectivity index (χ2n) is 10.2. The number of aromatic hydroxyl groups is 1. The highest BCUT2D eigenvalue weighted by atomic mass is 32.9. The molecule has 2 fully saturated rings. The highest BCUT2D eigenvalue weighted by Crippen LogP contribution is 2.39. The van der Waals surface area contributed by atoms with E-state index in [4.69, 9.17) is 12.2 Å². The van der Waals surface area contributed by atoms with E-state index in [0.717, 1.165) is 113 Å². The van der Waals surface area contributed by atoms with E-state index < -0.39 is 0 Å². The van der Waals surface area contributed by atoms with E-state index in [2.05, 4.69) is 38.7 Å². The average molecular weight is 567 g/mol. The Hall–Kier alpha value is -0.950. The zero-order valence-corrected chi connectivity index (χ0v) is 24.5. The maximum absolute atomic E-state index is 11.5. The van der Waals surface area contributed by atoms with Gasteiger partial charge >= 0.3 is 0 Å². The standard InChI is InChI=1S/C27H42N4O3S3/c1-2-3-4-24-26(36-37-27(24)35)21-17-22(19-30-9-5-28(6-10-30)13-15-32)25(34)23(18-21)20-31-11-7-29(8-12-31)14-16-33/h17-18,32-34H,2-16,19-20H2,1H3. The van der Waals surface area contributed by atoms with Crippen LogP contribution in [0.4, 0.5) is 0 Å². The van der Waals surface area contributed by atoms with Crippen LogP contribution in [0.5, 0.6) is 5.75 Å². The fourth-order valence-corrected chi connectivity index (χ4v) is 8.29. The Bertz CT molecular complexity index is 995. The minimum Gasteiger partial charge on any atom is -0.507 e. The van der Waals surface area contributed by atoms with Gasteiger partial charge in [-0.3, -0.25) is 19.6 Å². The van der Waals surface area contributed by atoms with Gasteiger partial charge in [-0.25, -0.2) is 0 Å². The number of phenols is 1. The summed E-state index contributed by atoms with van der Waals surface area (Å²) in [7, 11) is 3.47. The highest BCUT2D eigenvalue weighted by molar-refractivity contribution is 7.80. The Morgan fingerprint density at radius 2 is 1.27 bits per heavy atom. The first kappa shape index (κ1) is 29.0. The van der Waals surface area contributed by atoms with Gasteiger partial charge in [0.1, 0.15) is 9.57 Å². The van der Waals surface area contributed by atoms with Gasteiger partial charge in [0.15, 0.2) is 0 Å². The van der Waals surface area contributed by atoms with Crippen molar-refractivity contribution in [2.24, 2.45) is 0 Å². The number of phenolic OH excluding ortho intramolecular Hbond substituents is 1. The Morgan fingerprint density at radius 1 is 0.784 bits per heavy atom. The van der Waals surface area contributed by atoms with Gasteiger partial charge in [-0.2, -0.15) is 0 Å². The van der Waals surface area contributed by atoms with Crippen molar-refractivity contribution in [2.45, 2.75) is 39.3 Å². The molecule has 7 nitrogen and oxygen atoms in total. The summed E-state index contributed by atoms with van der Waals surface area (Å²) in [5, 5.41) is 30.0. The van der Waals surface area contributed by atoms with E-state index in [9.17, 15) is 15.3 Å². The van der Waals surface area contributed by atoms with E-state index in [1.807, 2.05) is 0 Å². The number of β-amino-alcohol motifs (C(OH)–C–C–N with tert-alkyl or cyclic N) is 2. The summed E-state index contributed by atoms with van der Waals surface area (Å²) in [6, 6.07) is 4.39. The lowest BCUT2D eigenvalue weighted by Gasteiger charge is -2.35. The SMILES string of the molecule is CCCCc1c(-c2cc(CN3CCN(CCO)CC3)c(O)c(CN3CCN(CCO)CC3)c2)ssc1=S. The molecule has 0 amide bonds. The maximum Gasteiger partial charge on any atom is 0.124 e. The molecule has 0 atom stereocenters. The number of nitrogens with zero attached hydrogens (tertiary/aromatic N) is 4. The first-order valence-electron chi connectivity index (χ1n) is 13.6. The predicted molar refractivity (Wildman–Crippen MR) is 156 cm³/mol. The van der Waals surface area contributed by atoms with Crippen molar-refractivity contribution in [3.63, 3.8) is 0 Å². The van der Waals surface area contributed by atoms with Crippen LogP contribution in [0, 0.1) is 3.82 Å². The molecule has 2 aliphatic heterocycles. The summed E-state index contributed by atoms with van der Waals surface area (Å²) in [6.07, 6.45) is 3.29. The van der Waals surface area contributed by atoms with Crippen molar-refractivity contribution in [3.05, 3.63) is 32.6 Å². The summed E-state index contributed by atoms with van der Waals surface area (Å²) in [4.78, 5) is 10.7. The first-order chi connectivity index (χ1) is 18.0. The molecule has 0 saturated carbocycles. The number of piperazine rings is 2. The van der Waals surface area contributed by atoms with Crippen molar-refractivity contribution >= 4 is 32.9 Å². The average Bonchev–Trinajstić information content (AvgIpc) is 3.27. The molecule has 0 spiro atoms. The summed E-state index contributed by atoms with van der Waals surface area (Å²) in [6.45, 7) is 13.0. The molecular formula is C27H42N4O3S3. The number of aliphatic hydroxyl groups excluding tert-OH is 2. The van der Waals surface area contributed by atoms with E-state index in [0.29, 0.717) is 5.75 Å². The number of aliphatic hydroxyl groups is 2. The van der Waals surface area contributed by atoms with E-state index in [-0.39, 0.29) is 13.2 Å². The van der Waals surface area contributed by atoms with Gasteiger partial charge in [0.2, 0.25) is 0 Å². The van der Waals surface area contributed by atoms with Crippen LogP contribution in [-0.2, 0) is 19.5 Å². The molecular weight excluding hydrogens is 525 g/mol. The quantitative estimate of drug-likeness (QED) is 0.267. The lowest BCUT2D eigenvalue weighted by atomic mass is 9.98. The van der Waals surface area contributed by atoms with Crippen molar-refractivity contribution in [1.82, 2.24) is 19.6 Å². The molecule has 0 bridgehead atoms. The van der Waals surface area contributed by atoms with E-state index in [1.54, 1.807) is 20.7 Å². The third-order valence-electron chi connectivity index (χ3n) is 7.58. The van der Waals surface area contributed by atoms with Gasteiger partial charge in [0.25, 0.3) is 0 Å². The largest absolute Gasteiger partial charge is 0.507 e. The monoisotopic (exact) mass is 566 g/mol. The number of rotatable bonds is 12. The fraction of sp³-hybridized carbons (Fsp3) is 0.667. The molecule has 3 N–H and O–H groups in total. The van der Waals surface area contributed by atoms with Crippen molar-refractivity contribution in [3.8, 4) is 16.2 Å². The summed E-state index contributed by atoms with van der Waals surface area (Å²) >= 11 is 5.72. The van der Waals surface area contributed by atoms with Crippen LogP contribution in [0.25, 0.3) is 10.4 Å². The zero-order chi connectivity index (χ0) is 26.2. The topological polar surface area (TPSA) is 73.7 Å². The second-order valence-corrected chi connectivity index (χ2v) is 13.0. The van der Waals surface area contributed by atoms with Gasteiger partial charge in [-0.05, 0) is 36.1 Å². The number of benzene rings is 1. The van der Waals surface area contributed by atoms with Crippen LogP contribution in [0.1, 0.15) is 36.5 Å². The van der Waals surface area contributed by atoms with E-state index >= 15 is 0 Å². The van der Waals surface area contributed by atoms with Crippen LogP contribution in [0.3, 0.4) is 0 Å². The van der Waals surface area contributed by atoms with Gasteiger partial charge in [0.05, 0.1) is 18.1 Å². The minimum absolute atomic E-state index is 0.202. The molecule has 0 aliphatic carbocycles. The molecule has 206 valence electrons. The molecule has 1 aromatic carbocycles. The zero-order valence-electron chi connectivity index (χ0n) is 22.0. The van der Waals surface area contributed by atoms with Gasteiger partial charge < -0.3 is 15.3 Å². The van der Waals surface area contributed by atoms with Gasteiger partial charge in [-0.1, -0.05) is 46.2 Å². The van der Waals surface area contributed by atoms with Crippen LogP contribution in [0.15, 0.2) is 12.1 Å². The van der Waals surface area contributed by atoms with Gasteiger partial charge in [-0.15, -0.1) is 0 Å². The maximum atomic E-state index is 11.5. The van der Waals surface area contributed by atoms with Crippen molar-refractivity contribution in [2.75, 3.05) is 78.7 Å². The third kappa shape index (κ3) is 7.80. The summed E-state index contributed by atoms with van der Waals surface area (Å²) in [5.74, 6) is 0.424. The molecule has 3 heterocycles. The lowest BCUT2D eigenvalue weighted by molar-refractivity contribution is 0.106. The van der Waals surface area contributed by atoms with Crippen LogP contribution >= 0.6 is 32.9 Å². The Kier molecular flexibility index (Phi) is 11.3. The minimum atomic E-state index is 0.202. The molecule has 0 radical (unpaired) electrons. The first-order valence-corrected chi connectivity index (χ1v) is 16.2. The van der Waals surface area contributed by atoms with Crippen LogP contribution in [0.2, 0.25) is 0 Å². The second kappa shape index (κ2) is 14.4. The number of hydrogen-bond donors (Lipinski definition) is 3. The number of hydrogen-bond acceptors (Lipinski definition) is 10. The number of unbranched alkanes of at least 4 members (excludes halogenated alkanes) is 1. The fourth-order valence-electron chi connectivity index (χ4n) is 5.30. The molecule has 37 heavy (non-hydrogen) atoms. The Balaban J connectivity index is 1.58. The smallest absolute Gasteiger partial charge is 0.124 e. The summed E-state index contributed by atoms with van der Waals surface area (Å²) < 4.78 is 1.00. The lowest BCUT2D eigenvalue weighted by Crippen LogP contribution is -2.47. The van der Waals surface area contributed by atoms with Crippen molar-refractivity contribution < 1.29 is 15.3 Å². The molecule has 10 heteroatoms. The normalized spacial score (nSPS) is 18.6. The van der Waals surface area contributed by atoms with Crippen LogP contribution in [-0.4, -0.2) is 114 Å². The molecule has 4 rings (SSSR count). The summed E-state index contributed by atoms with van der Waals surface area (Å²) in [5.41, 5.74) is 4.47. The van der Waals surface area contributed by atoms with Crippen molar-refractivity contribution in [1.29, 1.82) is 0 Å². The highest BCUT2D eigenvalue weighted by Gasteiger charge is 2.23. The van der Waals surface area contributed by atoms with Gasteiger partial charge in [0, 0.05) is 89.7 Å². The van der Waals surface area contributed by atoms with Crippen LogP contribution < -0.4 is 0 Å². The third-order valence-corrected chi connectivity index (χ3v) is 10.8. The molecule has 0 unspecified atom stereocenters. The Morgan fingerprint density at radius 3 is 1.73 bits per heavy atom. The molecule has 1 aromatic heterocycles. The molecule has 2 aromatic rings. The Labute approximate surface area is 233 Å².